The van der Waals surface area contributed by atoms with E-state index in [1.165, 1.54) is 14.2 Å². The van der Waals surface area contributed by atoms with E-state index < -0.39 is 12.2 Å². The molecule has 0 atom stereocenters. The summed E-state index contributed by atoms with van der Waals surface area (Å²) in [4.78, 5) is 20.3. The van der Waals surface area contributed by atoms with Gasteiger partial charge in [-0.2, -0.15) is 4.98 Å². The highest BCUT2D eigenvalue weighted by molar-refractivity contribution is 6.36. The van der Waals surface area contributed by atoms with Crippen molar-refractivity contribution in [1.29, 1.82) is 0 Å². The first kappa shape index (κ1) is 16.9. The summed E-state index contributed by atoms with van der Waals surface area (Å²) in [6.45, 7) is 0. The van der Waals surface area contributed by atoms with Gasteiger partial charge in [-0.3, -0.25) is 4.79 Å². The molecule has 0 unspecified atom stereocenters. The number of halogens is 2. The van der Waals surface area contributed by atoms with E-state index in [-0.39, 0.29) is 17.5 Å². The van der Waals surface area contributed by atoms with Gasteiger partial charge in [-0.05, 0) is 23.7 Å². The number of nitrogens with two attached hydrogens (primary N) is 1. The number of hydrogen-bond acceptors (Lipinski definition) is 6. The highest BCUT2D eigenvalue weighted by atomic mass is 35.5. The molecule has 2 aromatic rings. The number of para-hydroxylation sites is 1. The molecule has 0 spiro atoms. The highest BCUT2D eigenvalue weighted by Crippen LogP contribution is 2.29. The summed E-state index contributed by atoms with van der Waals surface area (Å²) >= 11 is 12.0. The van der Waals surface area contributed by atoms with Gasteiger partial charge >= 0.3 is 0 Å². The van der Waals surface area contributed by atoms with E-state index in [0.717, 1.165) is 5.01 Å². The molecule has 7 nitrogen and oxygen atoms in total. The van der Waals surface area contributed by atoms with Crippen molar-refractivity contribution < 1.29 is 14.3 Å². The van der Waals surface area contributed by atoms with Crippen molar-refractivity contribution in [2.24, 2.45) is 5.84 Å². The lowest BCUT2D eigenvalue weighted by Crippen LogP contribution is -2.40. The number of hydrazine groups is 1. The molecule has 1 aromatic heterocycles. The lowest BCUT2D eigenvalue weighted by molar-refractivity contribution is -0.137. The van der Waals surface area contributed by atoms with Crippen molar-refractivity contribution in [3.8, 4) is 0 Å². The summed E-state index contributed by atoms with van der Waals surface area (Å²) in [6, 6.07) is 5.06. The molecule has 118 valence electrons. The number of ether oxygens (including phenoxy) is 2. The predicted molar refractivity (Wildman–Crippen MR) is 83.7 cm³/mol. The zero-order valence-electron chi connectivity index (χ0n) is 11.9. The van der Waals surface area contributed by atoms with Crippen LogP contribution in [0.2, 0.25) is 10.3 Å². The summed E-state index contributed by atoms with van der Waals surface area (Å²) in [6.07, 6.45) is -0.779. The van der Waals surface area contributed by atoms with Gasteiger partial charge in [0.15, 0.2) is 12.1 Å². The van der Waals surface area contributed by atoms with Crippen molar-refractivity contribution in [1.82, 2.24) is 9.97 Å². The largest absolute Gasteiger partial charge is 0.355 e. The molecule has 0 aliphatic carbocycles. The molecule has 0 aliphatic rings. The average Bonchev–Trinajstić information content (AvgIpc) is 2.51. The first-order chi connectivity index (χ1) is 10.5. The van der Waals surface area contributed by atoms with Gasteiger partial charge in [0.05, 0.1) is 17.0 Å². The summed E-state index contributed by atoms with van der Waals surface area (Å²) in [5.74, 6) is 5.57. The highest BCUT2D eigenvalue weighted by Gasteiger charge is 2.22. The van der Waals surface area contributed by atoms with Crippen LogP contribution in [0.25, 0.3) is 10.9 Å². The molecule has 0 saturated carbocycles. The van der Waals surface area contributed by atoms with Crippen LogP contribution in [-0.4, -0.2) is 36.4 Å². The smallest absolute Gasteiger partial charge is 0.247 e. The number of aromatic nitrogens is 2. The first-order valence-corrected chi connectivity index (χ1v) is 6.98. The van der Waals surface area contributed by atoms with E-state index in [2.05, 4.69) is 9.97 Å². The molecule has 1 heterocycles. The van der Waals surface area contributed by atoms with E-state index in [4.69, 9.17) is 38.5 Å². The van der Waals surface area contributed by atoms with Crippen LogP contribution in [0.4, 0.5) is 5.82 Å². The maximum Gasteiger partial charge on any atom is 0.247 e. The maximum atomic E-state index is 12.2. The van der Waals surface area contributed by atoms with Crippen LogP contribution in [-0.2, 0) is 14.3 Å². The van der Waals surface area contributed by atoms with E-state index in [1.807, 2.05) is 0 Å². The molecule has 9 heteroatoms. The van der Waals surface area contributed by atoms with Gasteiger partial charge in [0.2, 0.25) is 11.2 Å². The normalized spacial score (nSPS) is 11.2. The van der Waals surface area contributed by atoms with Crippen LogP contribution in [0.15, 0.2) is 18.2 Å². The Balaban J connectivity index is 2.41. The Bertz CT molecular complexity index is 694. The van der Waals surface area contributed by atoms with Gasteiger partial charge in [-0.15, -0.1) is 0 Å². The van der Waals surface area contributed by atoms with Crippen molar-refractivity contribution in [2.45, 2.75) is 12.7 Å². The molecule has 0 bridgehead atoms. The minimum absolute atomic E-state index is 0.0612. The third kappa shape index (κ3) is 3.45. The minimum atomic E-state index is -0.703. The summed E-state index contributed by atoms with van der Waals surface area (Å²) in [7, 11) is 2.86. The Labute approximate surface area is 136 Å². The zero-order valence-corrected chi connectivity index (χ0v) is 13.4. The Morgan fingerprint density at radius 3 is 2.64 bits per heavy atom. The second kappa shape index (κ2) is 7.17. The molecule has 1 aromatic carbocycles. The number of carbonyl (C=O) groups excluding carboxylic acids is 1. The summed E-state index contributed by atoms with van der Waals surface area (Å²) in [5.41, 5.74) is 0.414. The Kier molecular flexibility index (Phi) is 5.49. The second-order valence-corrected chi connectivity index (χ2v) is 5.07. The summed E-state index contributed by atoms with van der Waals surface area (Å²) in [5, 5.41) is 1.72. The number of benzene rings is 1. The standard InChI is InChI=1S/C13H14Cl2N4O3/c1-21-10(22-2)6-9(20)19(16)12-7-4-3-5-8(14)11(7)17-13(15)18-12/h3-5,10H,6,16H2,1-2H3. The first-order valence-electron chi connectivity index (χ1n) is 6.23. The number of fused-ring (bicyclic) bond motifs is 1. The molecule has 22 heavy (non-hydrogen) atoms. The number of carbonyl (C=O) groups is 1. The predicted octanol–water partition coefficient (Wildman–Crippen LogP) is 2.15. The molecular formula is C13H14Cl2N4O3. The third-order valence-electron chi connectivity index (χ3n) is 2.99. The molecule has 0 radical (unpaired) electrons. The van der Waals surface area contributed by atoms with Gasteiger partial charge < -0.3 is 9.47 Å². The number of nitrogens with zero attached hydrogens (tertiary/aromatic N) is 3. The average molecular weight is 345 g/mol. The van der Waals surface area contributed by atoms with E-state index in [9.17, 15) is 4.79 Å². The number of amides is 1. The maximum absolute atomic E-state index is 12.2. The van der Waals surface area contributed by atoms with Crippen LogP contribution in [0.5, 0.6) is 0 Å². The van der Waals surface area contributed by atoms with Gasteiger partial charge in [0.25, 0.3) is 0 Å². The number of rotatable bonds is 5. The van der Waals surface area contributed by atoms with Crippen LogP contribution in [0.1, 0.15) is 6.42 Å². The van der Waals surface area contributed by atoms with Crippen LogP contribution < -0.4 is 10.9 Å². The molecule has 0 fully saturated rings. The SMILES string of the molecule is COC(CC(=O)N(N)c1nc(Cl)nc2c(Cl)cccc12)OC. The van der Waals surface area contributed by atoms with Crippen LogP contribution in [0, 0.1) is 0 Å². The fourth-order valence-electron chi connectivity index (χ4n) is 1.88. The van der Waals surface area contributed by atoms with E-state index in [0.29, 0.717) is 15.9 Å². The van der Waals surface area contributed by atoms with Gasteiger partial charge in [-0.25, -0.2) is 15.8 Å². The third-order valence-corrected chi connectivity index (χ3v) is 3.47. The Hall–Kier alpha value is -1.51. The van der Waals surface area contributed by atoms with Crippen molar-refractivity contribution in [3.63, 3.8) is 0 Å². The van der Waals surface area contributed by atoms with E-state index >= 15 is 0 Å². The second-order valence-electron chi connectivity index (χ2n) is 4.32. The summed E-state index contributed by atoms with van der Waals surface area (Å²) < 4.78 is 9.96. The van der Waals surface area contributed by atoms with Crippen LogP contribution in [0.3, 0.4) is 0 Å². The van der Waals surface area contributed by atoms with Gasteiger partial charge in [-0.1, -0.05) is 17.7 Å². The number of hydrogen-bond donors (Lipinski definition) is 1. The van der Waals surface area contributed by atoms with Crippen molar-refractivity contribution in [3.05, 3.63) is 28.5 Å². The minimum Gasteiger partial charge on any atom is -0.355 e. The lowest BCUT2D eigenvalue weighted by Gasteiger charge is -2.20. The fourth-order valence-corrected chi connectivity index (χ4v) is 2.26. The quantitative estimate of drug-likeness (QED) is 0.294. The Morgan fingerprint density at radius 1 is 1.32 bits per heavy atom. The molecule has 1 amide bonds. The molecule has 0 aliphatic heterocycles. The Morgan fingerprint density at radius 2 is 2.00 bits per heavy atom. The topological polar surface area (TPSA) is 90.6 Å². The molecular weight excluding hydrogens is 331 g/mol. The molecule has 2 N–H and O–H groups in total. The molecule has 2 rings (SSSR count). The molecule has 0 saturated heterocycles. The number of methoxy groups -OCH3 is 2. The monoisotopic (exact) mass is 344 g/mol. The van der Waals surface area contributed by atoms with Crippen molar-refractivity contribution in [2.75, 3.05) is 19.2 Å². The fraction of sp³-hybridized carbons (Fsp3) is 0.308. The van der Waals surface area contributed by atoms with Gasteiger partial charge in [0, 0.05) is 19.6 Å². The van der Waals surface area contributed by atoms with E-state index in [1.54, 1.807) is 18.2 Å². The van der Waals surface area contributed by atoms with Crippen LogP contribution >= 0.6 is 23.2 Å². The lowest BCUT2D eigenvalue weighted by atomic mass is 10.2. The zero-order chi connectivity index (χ0) is 16.3. The van der Waals surface area contributed by atoms with Crippen molar-refractivity contribution >= 4 is 45.8 Å². The van der Waals surface area contributed by atoms with Gasteiger partial charge in [0.1, 0.15) is 0 Å². The number of anilines is 1.